The van der Waals surface area contributed by atoms with Gasteiger partial charge >= 0.3 is 5.97 Å². The van der Waals surface area contributed by atoms with Gasteiger partial charge in [0.1, 0.15) is 10.8 Å². The number of thiazole rings is 1. The SMILES string of the molecule is O=C(/C=C/c1nc2ccccc2s1)OC(C(=O)Nc1ccc(F)cc1)c1ccccc1. The van der Waals surface area contributed by atoms with Gasteiger partial charge in [-0.1, -0.05) is 42.5 Å². The first-order valence-electron chi connectivity index (χ1n) is 9.44. The minimum absolute atomic E-state index is 0.397. The number of aromatic nitrogens is 1. The van der Waals surface area contributed by atoms with Gasteiger partial charge in [0.15, 0.2) is 0 Å². The Morgan fingerprint density at radius 1 is 0.968 bits per heavy atom. The van der Waals surface area contributed by atoms with Gasteiger partial charge in [-0.3, -0.25) is 4.79 Å². The van der Waals surface area contributed by atoms with E-state index in [1.807, 2.05) is 24.3 Å². The van der Waals surface area contributed by atoms with Crippen molar-refractivity contribution in [3.8, 4) is 0 Å². The molecule has 0 aliphatic rings. The second-order valence-electron chi connectivity index (χ2n) is 6.58. The molecule has 0 bridgehead atoms. The van der Waals surface area contributed by atoms with Gasteiger partial charge in [-0.05, 0) is 42.5 Å². The van der Waals surface area contributed by atoms with Gasteiger partial charge in [-0.25, -0.2) is 14.2 Å². The number of esters is 1. The number of carbonyl (C=O) groups excluding carboxylic acids is 2. The first-order valence-corrected chi connectivity index (χ1v) is 10.3. The fraction of sp³-hybridized carbons (Fsp3) is 0.0417. The summed E-state index contributed by atoms with van der Waals surface area (Å²) in [7, 11) is 0. The quantitative estimate of drug-likeness (QED) is 0.328. The van der Waals surface area contributed by atoms with Crippen LogP contribution >= 0.6 is 11.3 Å². The van der Waals surface area contributed by atoms with E-state index in [2.05, 4.69) is 10.3 Å². The average Bonchev–Trinajstić information content (AvgIpc) is 3.21. The molecule has 1 aromatic heterocycles. The molecule has 0 fully saturated rings. The Bertz CT molecular complexity index is 1200. The molecule has 4 rings (SSSR count). The topological polar surface area (TPSA) is 68.3 Å². The molecule has 0 radical (unpaired) electrons. The normalized spacial score (nSPS) is 12.0. The van der Waals surface area contributed by atoms with Crippen LogP contribution in [-0.2, 0) is 14.3 Å². The molecule has 1 amide bonds. The third-order valence-electron chi connectivity index (χ3n) is 4.36. The smallest absolute Gasteiger partial charge is 0.331 e. The number of para-hydroxylation sites is 1. The predicted octanol–water partition coefficient (Wildman–Crippen LogP) is 5.37. The zero-order valence-corrected chi connectivity index (χ0v) is 17.0. The first-order chi connectivity index (χ1) is 15.1. The second kappa shape index (κ2) is 9.32. The summed E-state index contributed by atoms with van der Waals surface area (Å²) in [6.07, 6.45) is 1.64. The van der Waals surface area contributed by atoms with Crippen LogP contribution in [0.15, 0.2) is 84.9 Å². The summed E-state index contributed by atoms with van der Waals surface area (Å²) in [5, 5.41) is 3.30. The molecule has 1 unspecified atom stereocenters. The molecule has 0 aliphatic heterocycles. The lowest BCUT2D eigenvalue weighted by Crippen LogP contribution is -2.25. The Hall–Kier alpha value is -3.84. The summed E-state index contributed by atoms with van der Waals surface area (Å²) in [4.78, 5) is 29.7. The van der Waals surface area contributed by atoms with Gasteiger partial charge in [-0.2, -0.15) is 0 Å². The van der Waals surface area contributed by atoms with E-state index in [-0.39, 0.29) is 0 Å². The predicted molar refractivity (Wildman–Crippen MR) is 119 cm³/mol. The van der Waals surface area contributed by atoms with Crippen LogP contribution < -0.4 is 5.32 Å². The highest BCUT2D eigenvalue weighted by Crippen LogP contribution is 2.23. The first kappa shape index (κ1) is 20.4. The highest BCUT2D eigenvalue weighted by atomic mass is 32.1. The molecule has 0 aliphatic carbocycles. The third-order valence-corrected chi connectivity index (χ3v) is 5.36. The van der Waals surface area contributed by atoms with E-state index in [0.717, 1.165) is 10.2 Å². The van der Waals surface area contributed by atoms with Crippen LogP contribution in [0.2, 0.25) is 0 Å². The lowest BCUT2D eigenvalue weighted by atomic mass is 10.1. The Labute approximate surface area is 181 Å². The number of benzene rings is 3. The van der Waals surface area contributed by atoms with Crippen LogP contribution in [0.5, 0.6) is 0 Å². The minimum Gasteiger partial charge on any atom is -0.444 e. The van der Waals surface area contributed by atoms with Crippen LogP contribution in [-0.4, -0.2) is 16.9 Å². The summed E-state index contributed by atoms with van der Waals surface area (Å²) >= 11 is 1.45. The molecule has 1 atom stereocenters. The highest BCUT2D eigenvalue weighted by Gasteiger charge is 2.24. The molecule has 0 saturated heterocycles. The molecule has 3 aromatic carbocycles. The zero-order chi connectivity index (χ0) is 21.6. The maximum Gasteiger partial charge on any atom is 0.331 e. The maximum absolute atomic E-state index is 13.1. The van der Waals surface area contributed by atoms with E-state index in [1.54, 1.807) is 36.4 Å². The summed E-state index contributed by atoms with van der Waals surface area (Å²) in [6.45, 7) is 0. The lowest BCUT2D eigenvalue weighted by molar-refractivity contribution is -0.149. The number of ether oxygens (including phenoxy) is 1. The molecular formula is C24H17FN2O3S. The van der Waals surface area contributed by atoms with Gasteiger partial charge in [-0.15, -0.1) is 11.3 Å². The van der Waals surface area contributed by atoms with Crippen LogP contribution in [0.25, 0.3) is 16.3 Å². The summed E-state index contributed by atoms with van der Waals surface area (Å²) in [6, 6.07) is 21.7. The van der Waals surface area contributed by atoms with Crippen molar-refractivity contribution in [1.29, 1.82) is 0 Å². The van der Waals surface area contributed by atoms with Gasteiger partial charge in [0.25, 0.3) is 5.91 Å². The molecule has 31 heavy (non-hydrogen) atoms. The van der Waals surface area contributed by atoms with Crippen LogP contribution in [0.4, 0.5) is 10.1 Å². The van der Waals surface area contributed by atoms with E-state index in [1.165, 1.54) is 41.7 Å². The van der Waals surface area contributed by atoms with Crippen LogP contribution in [0, 0.1) is 5.82 Å². The van der Waals surface area contributed by atoms with E-state index >= 15 is 0 Å². The number of hydrogen-bond donors (Lipinski definition) is 1. The Morgan fingerprint density at radius 3 is 2.42 bits per heavy atom. The molecule has 1 heterocycles. The standard InChI is InChI=1S/C24H17FN2O3S/c25-17-10-12-18(13-11-17)26-24(29)23(16-6-2-1-3-7-16)30-22(28)15-14-21-27-19-8-4-5-9-20(19)31-21/h1-15,23H,(H,26,29)/b15-14+. The summed E-state index contributed by atoms with van der Waals surface area (Å²) in [5.41, 5.74) is 1.76. The van der Waals surface area contributed by atoms with Gasteiger partial charge in [0.2, 0.25) is 6.10 Å². The molecular weight excluding hydrogens is 415 g/mol. The van der Waals surface area contributed by atoms with Crippen molar-refractivity contribution in [3.05, 3.63) is 101 Å². The number of fused-ring (bicyclic) bond motifs is 1. The Morgan fingerprint density at radius 2 is 1.68 bits per heavy atom. The maximum atomic E-state index is 13.1. The molecule has 1 N–H and O–H groups in total. The number of halogens is 1. The summed E-state index contributed by atoms with van der Waals surface area (Å²) < 4.78 is 19.6. The zero-order valence-electron chi connectivity index (χ0n) is 16.2. The molecule has 0 saturated carbocycles. The van der Waals surface area contributed by atoms with E-state index in [0.29, 0.717) is 16.3 Å². The van der Waals surface area contributed by atoms with Gasteiger partial charge < -0.3 is 10.1 Å². The number of amides is 1. The average molecular weight is 432 g/mol. The van der Waals surface area contributed by atoms with Crippen molar-refractivity contribution in [3.63, 3.8) is 0 Å². The second-order valence-corrected chi connectivity index (χ2v) is 7.64. The molecule has 7 heteroatoms. The molecule has 5 nitrogen and oxygen atoms in total. The number of hydrogen-bond acceptors (Lipinski definition) is 5. The van der Waals surface area contributed by atoms with Crippen molar-refractivity contribution in [2.45, 2.75) is 6.10 Å². The Kier molecular flexibility index (Phi) is 6.14. The van der Waals surface area contributed by atoms with Crippen LogP contribution in [0.3, 0.4) is 0 Å². The van der Waals surface area contributed by atoms with Crippen molar-refractivity contribution in [1.82, 2.24) is 4.98 Å². The largest absolute Gasteiger partial charge is 0.444 e. The van der Waals surface area contributed by atoms with Gasteiger partial charge in [0, 0.05) is 17.3 Å². The monoisotopic (exact) mass is 432 g/mol. The van der Waals surface area contributed by atoms with Gasteiger partial charge in [0.05, 0.1) is 10.2 Å². The Balaban J connectivity index is 1.50. The number of carbonyl (C=O) groups is 2. The summed E-state index contributed by atoms with van der Waals surface area (Å²) in [5.74, 6) is -1.63. The number of nitrogens with one attached hydrogen (secondary N) is 1. The number of nitrogens with zero attached hydrogens (tertiary/aromatic N) is 1. The van der Waals surface area contributed by atoms with Crippen molar-refractivity contribution < 1.29 is 18.7 Å². The van der Waals surface area contributed by atoms with Crippen molar-refractivity contribution in [2.24, 2.45) is 0 Å². The van der Waals surface area contributed by atoms with Crippen molar-refractivity contribution in [2.75, 3.05) is 5.32 Å². The fourth-order valence-electron chi connectivity index (χ4n) is 2.90. The molecule has 4 aromatic rings. The third kappa shape index (κ3) is 5.21. The highest BCUT2D eigenvalue weighted by molar-refractivity contribution is 7.19. The number of anilines is 1. The van der Waals surface area contributed by atoms with Crippen molar-refractivity contribution >= 4 is 45.2 Å². The van der Waals surface area contributed by atoms with E-state index in [9.17, 15) is 14.0 Å². The van der Waals surface area contributed by atoms with E-state index in [4.69, 9.17) is 4.74 Å². The molecule has 154 valence electrons. The fourth-order valence-corrected chi connectivity index (χ4v) is 3.77. The number of rotatable bonds is 6. The van der Waals surface area contributed by atoms with Crippen LogP contribution in [0.1, 0.15) is 16.7 Å². The minimum atomic E-state index is -1.17. The molecule has 0 spiro atoms. The van der Waals surface area contributed by atoms with E-state index < -0.39 is 23.8 Å². The lowest BCUT2D eigenvalue weighted by Gasteiger charge is -2.17.